The van der Waals surface area contributed by atoms with Crippen LogP contribution in [0.15, 0.2) is 42.5 Å². The first kappa shape index (κ1) is 21.7. The Morgan fingerprint density at radius 3 is 2.43 bits per heavy atom. The van der Waals surface area contributed by atoms with Gasteiger partial charge in [0, 0.05) is 10.7 Å². The number of carbonyl (C=O) groups excluding carboxylic acids is 2. The third-order valence-corrected chi connectivity index (χ3v) is 5.54. The van der Waals surface area contributed by atoms with Crippen LogP contribution in [0.1, 0.15) is 22.8 Å². The van der Waals surface area contributed by atoms with Crippen molar-refractivity contribution in [2.75, 3.05) is 23.0 Å². The number of hydrogen-bond donors (Lipinski definition) is 1. The fourth-order valence-corrected chi connectivity index (χ4v) is 4.01. The highest BCUT2D eigenvalue weighted by Crippen LogP contribution is 2.25. The van der Waals surface area contributed by atoms with Crippen molar-refractivity contribution in [1.29, 1.82) is 0 Å². The number of hydrogen-bond acceptors (Lipinski definition) is 5. The second-order valence-corrected chi connectivity index (χ2v) is 8.52. The van der Waals surface area contributed by atoms with Crippen molar-refractivity contribution in [1.82, 2.24) is 0 Å². The summed E-state index contributed by atoms with van der Waals surface area (Å²) < 4.78 is 30.3. The van der Waals surface area contributed by atoms with Gasteiger partial charge in [0.2, 0.25) is 15.9 Å². The normalized spacial score (nSPS) is 12.2. The van der Waals surface area contributed by atoms with Crippen molar-refractivity contribution >= 4 is 44.9 Å². The molecule has 7 nitrogen and oxygen atoms in total. The molecule has 0 unspecified atom stereocenters. The topological polar surface area (TPSA) is 92.8 Å². The summed E-state index contributed by atoms with van der Waals surface area (Å²) in [5, 5.41) is 3.03. The van der Waals surface area contributed by atoms with Crippen molar-refractivity contribution < 1.29 is 22.7 Å². The predicted octanol–water partition coefficient (Wildman–Crippen LogP) is 3.23. The van der Waals surface area contributed by atoms with Gasteiger partial charge in [0.25, 0.3) is 0 Å². The van der Waals surface area contributed by atoms with Gasteiger partial charge in [0.15, 0.2) is 0 Å². The number of benzene rings is 2. The van der Waals surface area contributed by atoms with Crippen LogP contribution < -0.4 is 9.62 Å². The van der Waals surface area contributed by atoms with Crippen molar-refractivity contribution in [3.8, 4) is 0 Å². The highest BCUT2D eigenvalue weighted by Gasteiger charge is 2.29. The van der Waals surface area contributed by atoms with E-state index in [2.05, 4.69) is 10.1 Å². The molecule has 0 heterocycles. The molecule has 1 N–H and O–H groups in total. The SMILES string of the molecule is COC(=O)c1ccc(C)c(NC(=O)[C@@H](C)N(c2cccc(Cl)c2)S(C)(=O)=O)c1. The van der Waals surface area contributed by atoms with Crippen LogP contribution >= 0.6 is 11.6 Å². The first-order chi connectivity index (χ1) is 13.0. The third kappa shape index (κ3) is 5.02. The minimum absolute atomic E-state index is 0.269. The molecule has 28 heavy (non-hydrogen) atoms. The first-order valence-corrected chi connectivity index (χ1v) is 10.5. The molecule has 0 aliphatic heterocycles. The summed E-state index contributed by atoms with van der Waals surface area (Å²) in [4.78, 5) is 24.5. The number of sulfonamides is 1. The molecule has 0 saturated carbocycles. The molecule has 1 amide bonds. The molecule has 0 aliphatic carbocycles. The molecule has 0 fully saturated rings. The van der Waals surface area contributed by atoms with E-state index in [1.54, 1.807) is 37.3 Å². The summed E-state index contributed by atoms with van der Waals surface area (Å²) in [5.41, 5.74) is 1.64. The third-order valence-electron chi connectivity index (χ3n) is 4.07. The van der Waals surface area contributed by atoms with E-state index in [-0.39, 0.29) is 11.3 Å². The van der Waals surface area contributed by atoms with Crippen LogP contribution in [0.25, 0.3) is 0 Å². The van der Waals surface area contributed by atoms with Crippen molar-refractivity contribution in [3.63, 3.8) is 0 Å². The van der Waals surface area contributed by atoms with Crippen molar-refractivity contribution in [2.45, 2.75) is 19.9 Å². The Labute approximate surface area is 169 Å². The van der Waals surface area contributed by atoms with Crippen LogP contribution in [0.4, 0.5) is 11.4 Å². The average Bonchev–Trinajstić information content (AvgIpc) is 2.61. The Kier molecular flexibility index (Phi) is 6.69. The number of anilines is 2. The second-order valence-electron chi connectivity index (χ2n) is 6.23. The number of amides is 1. The van der Waals surface area contributed by atoms with E-state index in [0.29, 0.717) is 16.3 Å². The Morgan fingerprint density at radius 2 is 1.86 bits per heavy atom. The molecular weight excluding hydrogens is 404 g/mol. The maximum atomic E-state index is 12.8. The van der Waals surface area contributed by atoms with Crippen molar-refractivity contribution in [2.24, 2.45) is 0 Å². The second kappa shape index (κ2) is 8.62. The average molecular weight is 425 g/mol. The highest BCUT2D eigenvalue weighted by atomic mass is 35.5. The smallest absolute Gasteiger partial charge is 0.337 e. The van der Waals surface area contributed by atoms with Crippen LogP contribution in [0, 0.1) is 6.92 Å². The maximum absolute atomic E-state index is 12.8. The summed E-state index contributed by atoms with van der Waals surface area (Å²) in [6, 6.07) is 9.90. The molecule has 0 saturated heterocycles. The fraction of sp³-hybridized carbons (Fsp3) is 0.263. The summed E-state index contributed by atoms with van der Waals surface area (Å²) in [5.74, 6) is -1.10. The maximum Gasteiger partial charge on any atom is 0.337 e. The number of nitrogens with one attached hydrogen (secondary N) is 1. The lowest BCUT2D eigenvalue weighted by Crippen LogP contribution is -2.45. The van der Waals surface area contributed by atoms with Crippen LogP contribution in [-0.2, 0) is 19.6 Å². The van der Waals surface area contributed by atoms with Crippen molar-refractivity contribution in [3.05, 3.63) is 58.6 Å². The molecule has 0 aliphatic rings. The Hall–Kier alpha value is -2.58. The van der Waals surface area contributed by atoms with Gasteiger partial charge < -0.3 is 10.1 Å². The summed E-state index contributed by atoms with van der Waals surface area (Å²) in [6.07, 6.45) is 1.01. The molecular formula is C19H21ClN2O5S. The molecule has 0 radical (unpaired) electrons. The number of rotatable bonds is 6. The molecule has 2 aromatic carbocycles. The fourth-order valence-electron chi connectivity index (χ4n) is 2.66. The zero-order valence-corrected chi connectivity index (χ0v) is 17.5. The quantitative estimate of drug-likeness (QED) is 0.718. The van der Waals surface area contributed by atoms with Crippen LogP contribution in [0.2, 0.25) is 5.02 Å². The van der Waals surface area contributed by atoms with Gasteiger partial charge in [-0.15, -0.1) is 0 Å². The van der Waals surface area contributed by atoms with Gasteiger partial charge in [0.1, 0.15) is 6.04 Å². The molecule has 150 valence electrons. The number of ether oxygens (including phenoxy) is 1. The largest absolute Gasteiger partial charge is 0.465 e. The highest BCUT2D eigenvalue weighted by molar-refractivity contribution is 7.92. The van der Waals surface area contributed by atoms with Crippen LogP contribution in [0.3, 0.4) is 0 Å². The van der Waals surface area contributed by atoms with E-state index in [1.807, 2.05) is 0 Å². The van der Waals surface area contributed by atoms with Crippen LogP contribution in [0.5, 0.6) is 0 Å². The molecule has 1 atom stereocenters. The number of aryl methyl sites for hydroxylation is 1. The number of esters is 1. The zero-order chi connectivity index (χ0) is 21.1. The van der Waals surface area contributed by atoms with Gasteiger partial charge in [0.05, 0.1) is 24.6 Å². The minimum Gasteiger partial charge on any atom is -0.465 e. The summed E-state index contributed by atoms with van der Waals surface area (Å²) in [7, 11) is -2.51. The number of halogens is 1. The van der Waals surface area contributed by atoms with E-state index < -0.39 is 27.9 Å². The molecule has 0 aromatic heterocycles. The van der Waals surface area contributed by atoms with E-state index in [1.165, 1.54) is 26.2 Å². The summed E-state index contributed by atoms with van der Waals surface area (Å²) >= 11 is 5.97. The van der Waals surface area contributed by atoms with Gasteiger partial charge >= 0.3 is 5.97 Å². The van der Waals surface area contributed by atoms with Gasteiger partial charge in [-0.2, -0.15) is 0 Å². The van der Waals surface area contributed by atoms with E-state index >= 15 is 0 Å². The van der Waals surface area contributed by atoms with Gasteiger partial charge in [-0.25, -0.2) is 13.2 Å². The Bertz CT molecular complexity index is 1010. The van der Waals surface area contributed by atoms with Crippen LogP contribution in [-0.4, -0.2) is 39.7 Å². The molecule has 2 rings (SSSR count). The van der Waals surface area contributed by atoms with Gasteiger partial charge in [-0.3, -0.25) is 9.10 Å². The van der Waals surface area contributed by atoms with E-state index in [4.69, 9.17) is 11.6 Å². The van der Waals surface area contributed by atoms with E-state index in [9.17, 15) is 18.0 Å². The number of methoxy groups -OCH3 is 1. The standard InChI is InChI=1S/C19H21ClN2O5S/c1-12-8-9-14(19(24)27-3)10-17(12)21-18(23)13(2)22(28(4,25)26)16-7-5-6-15(20)11-16/h5-11,13H,1-4H3,(H,21,23)/t13-/m1/s1. The number of nitrogens with zero attached hydrogens (tertiary/aromatic N) is 1. The lowest BCUT2D eigenvalue weighted by Gasteiger charge is -2.28. The monoisotopic (exact) mass is 424 g/mol. The number of carbonyl (C=O) groups is 2. The lowest BCUT2D eigenvalue weighted by molar-refractivity contribution is -0.116. The van der Waals surface area contributed by atoms with E-state index in [0.717, 1.165) is 10.6 Å². The summed E-state index contributed by atoms with van der Waals surface area (Å²) in [6.45, 7) is 3.23. The molecule has 0 bridgehead atoms. The van der Waals surface area contributed by atoms with Gasteiger partial charge in [-0.05, 0) is 49.7 Å². The predicted molar refractivity (Wildman–Crippen MR) is 109 cm³/mol. The lowest BCUT2D eigenvalue weighted by atomic mass is 10.1. The molecule has 2 aromatic rings. The van der Waals surface area contributed by atoms with Gasteiger partial charge in [-0.1, -0.05) is 23.7 Å². The first-order valence-electron chi connectivity index (χ1n) is 8.29. The Morgan fingerprint density at radius 1 is 1.18 bits per heavy atom. The molecule has 9 heteroatoms. The molecule has 0 spiro atoms. The zero-order valence-electron chi connectivity index (χ0n) is 15.9. The minimum atomic E-state index is -3.77. The Balaban J connectivity index is 2.35.